The SMILES string of the molecule is Cc1cc(N2C(=O)CCS2(=O)=O)ccc1S(=O)(=O)Nc1ccc2c(c1)OCCO2. The number of aryl methyl sites for hydroxylation is 1. The quantitative estimate of drug-likeness (QED) is 0.771. The average molecular weight is 438 g/mol. The maximum Gasteiger partial charge on any atom is 0.262 e. The van der Waals surface area contributed by atoms with Gasteiger partial charge < -0.3 is 9.47 Å². The van der Waals surface area contributed by atoms with E-state index in [-0.39, 0.29) is 22.8 Å². The molecule has 1 fully saturated rings. The van der Waals surface area contributed by atoms with E-state index in [0.717, 1.165) is 4.31 Å². The maximum atomic E-state index is 12.8. The molecule has 11 heteroatoms. The number of nitrogens with zero attached hydrogens (tertiary/aromatic N) is 1. The first-order valence-electron chi connectivity index (χ1n) is 8.76. The summed E-state index contributed by atoms with van der Waals surface area (Å²) in [5.41, 5.74) is 0.737. The number of benzene rings is 2. The van der Waals surface area contributed by atoms with Crippen LogP contribution in [0.3, 0.4) is 0 Å². The predicted octanol–water partition coefficient (Wildman–Crippen LogP) is 1.63. The molecule has 0 atom stereocenters. The Morgan fingerprint density at radius 1 is 1.03 bits per heavy atom. The van der Waals surface area contributed by atoms with Gasteiger partial charge in [-0.2, -0.15) is 0 Å². The molecule has 1 saturated heterocycles. The lowest BCUT2D eigenvalue weighted by Gasteiger charge is -2.20. The van der Waals surface area contributed by atoms with Gasteiger partial charge in [0, 0.05) is 12.5 Å². The van der Waals surface area contributed by atoms with Crippen LogP contribution < -0.4 is 18.5 Å². The summed E-state index contributed by atoms with van der Waals surface area (Å²) in [6.45, 7) is 2.34. The molecule has 0 aliphatic carbocycles. The molecule has 1 N–H and O–H groups in total. The molecule has 2 aliphatic heterocycles. The number of ether oxygens (including phenoxy) is 2. The first-order chi connectivity index (χ1) is 13.7. The number of amides is 1. The zero-order chi connectivity index (χ0) is 20.8. The van der Waals surface area contributed by atoms with Crippen LogP contribution in [0.15, 0.2) is 41.3 Å². The molecule has 0 saturated carbocycles. The normalized spacial score (nSPS) is 18.0. The maximum absolute atomic E-state index is 12.8. The lowest BCUT2D eigenvalue weighted by molar-refractivity contribution is -0.116. The minimum atomic E-state index is -3.95. The van der Waals surface area contributed by atoms with Gasteiger partial charge in [0.1, 0.15) is 13.2 Å². The Balaban J connectivity index is 1.63. The average Bonchev–Trinajstić information content (AvgIpc) is 2.93. The molecule has 9 nitrogen and oxygen atoms in total. The van der Waals surface area contributed by atoms with Crippen molar-refractivity contribution in [2.45, 2.75) is 18.2 Å². The summed E-state index contributed by atoms with van der Waals surface area (Å²) >= 11 is 0. The molecule has 2 aromatic rings. The van der Waals surface area contributed by atoms with Crippen LogP contribution in [0.25, 0.3) is 0 Å². The lowest BCUT2D eigenvalue weighted by Crippen LogP contribution is -2.29. The summed E-state index contributed by atoms with van der Waals surface area (Å²) in [5.74, 6) is 0.197. The third-order valence-corrected chi connectivity index (χ3v) is 7.79. The highest BCUT2D eigenvalue weighted by atomic mass is 32.2. The zero-order valence-corrected chi connectivity index (χ0v) is 17.0. The van der Waals surface area contributed by atoms with Crippen LogP contribution in [0.5, 0.6) is 11.5 Å². The monoisotopic (exact) mass is 438 g/mol. The Morgan fingerprint density at radius 3 is 2.41 bits per heavy atom. The third kappa shape index (κ3) is 3.62. The van der Waals surface area contributed by atoms with E-state index in [4.69, 9.17) is 9.47 Å². The van der Waals surface area contributed by atoms with Gasteiger partial charge >= 0.3 is 0 Å². The summed E-state index contributed by atoms with van der Waals surface area (Å²) in [6, 6.07) is 8.68. The van der Waals surface area contributed by atoms with Crippen molar-refractivity contribution in [2.75, 3.05) is 28.0 Å². The molecule has 0 unspecified atom stereocenters. The summed E-state index contributed by atoms with van der Waals surface area (Å²) in [4.78, 5) is 11.9. The van der Waals surface area contributed by atoms with Gasteiger partial charge in [0.2, 0.25) is 15.9 Å². The topological polar surface area (TPSA) is 119 Å². The minimum absolute atomic E-state index is 0.0276. The fourth-order valence-corrected chi connectivity index (χ4v) is 5.98. The van der Waals surface area contributed by atoms with Crippen molar-refractivity contribution >= 4 is 37.3 Å². The van der Waals surface area contributed by atoms with E-state index >= 15 is 0 Å². The highest BCUT2D eigenvalue weighted by Crippen LogP contribution is 2.34. The fraction of sp³-hybridized carbons (Fsp3) is 0.278. The Morgan fingerprint density at radius 2 is 1.76 bits per heavy atom. The number of sulfonamides is 2. The first kappa shape index (κ1) is 19.5. The molecule has 154 valence electrons. The van der Waals surface area contributed by atoms with Crippen LogP contribution in [-0.2, 0) is 24.8 Å². The molecule has 2 aliphatic rings. The van der Waals surface area contributed by atoms with Gasteiger partial charge in [-0.05, 0) is 42.8 Å². The van der Waals surface area contributed by atoms with Crippen LogP contribution in [0.4, 0.5) is 11.4 Å². The van der Waals surface area contributed by atoms with Crippen molar-refractivity contribution in [1.82, 2.24) is 0 Å². The van der Waals surface area contributed by atoms with Gasteiger partial charge in [-0.25, -0.2) is 21.1 Å². The molecular weight excluding hydrogens is 420 g/mol. The predicted molar refractivity (Wildman–Crippen MR) is 105 cm³/mol. The lowest BCUT2D eigenvalue weighted by atomic mass is 10.2. The number of carbonyl (C=O) groups is 1. The van der Waals surface area contributed by atoms with Crippen molar-refractivity contribution in [3.63, 3.8) is 0 Å². The second-order valence-electron chi connectivity index (χ2n) is 6.64. The number of carbonyl (C=O) groups excluding carboxylic acids is 1. The molecule has 0 bridgehead atoms. The summed E-state index contributed by atoms with van der Waals surface area (Å²) in [7, 11) is -7.67. The van der Waals surface area contributed by atoms with Crippen LogP contribution >= 0.6 is 0 Å². The Bertz CT molecular complexity index is 1210. The Labute approximate surface area is 168 Å². The zero-order valence-electron chi connectivity index (χ0n) is 15.4. The van der Waals surface area contributed by atoms with E-state index in [1.54, 1.807) is 12.1 Å². The van der Waals surface area contributed by atoms with Crippen molar-refractivity contribution in [3.8, 4) is 11.5 Å². The van der Waals surface area contributed by atoms with Gasteiger partial charge in [-0.1, -0.05) is 0 Å². The molecule has 2 aromatic carbocycles. The molecule has 4 rings (SSSR count). The Kier molecular flexibility index (Phi) is 4.66. The second-order valence-corrected chi connectivity index (χ2v) is 10.2. The number of hydrogen-bond donors (Lipinski definition) is 1. The van der Waals surface area contributed by atoms with Crippen molar-refractivity contribution in [2.24, 2.45) is 0 Å². The van der Waals surface area contributed by atoms with Gasteiger partial charge in [-0.3, -0.25) is 9.52 Å². The van der Waals surface area contributed by atoms with Crippen LogP contribution in [0.1, 0.15) is 12.0 Å². The number of nitrogens with one attached hydrogen (secondary N) is 1. The number of hydrogen-bond acceptors (Lipinski definition) is 7. The van der Waals surface area contributed by atoms with Crippen molar-refractivity contribution in [1.29, 1.82) is 0 Å². The van der Waals surface area contributed by atoms with E-state index in [2.05, 4.69) is 4.72 Å². The minimum Gasteiger partial charge on any atom is -0.486 e. The van der Waals surface area contributed by atoms with Gasteiger partial charge in [0.05, 0.1) is 22.0 Å². The summed E-state index contributed by atoms with van der Waals surface area (Å²) in [6.07, 6.45) is -0.0902. The third-order valence-electron chi connectivity index (χ3n) is 4.56. The van der Waals surface area contributed by atoms with Crippen molar-refractivity contribution < 1.29 is 31.1 Å². The van der Waals surface area contributed by atoms with E-state index in [1.807, 2.05) is 0 Å². The summed E-state index contributed by atoms with van der Waals surface area (Å²) < 4.78 is 63.9. The molecule has 0 radical (unpaired) electrons. The van der Waals surface area contributed by atoms with Gasteiger partial charge in [-0.15, -0.1) is 0 Å². The van der Waals surface area contributed by atoms with E-state index in [9.17, 15) is 21.6 Å². The highest BCUT2D eigenvalue weighted by Gasteiger charge is 2.36. The molecule has 2 heterocycles. The standard InChI is InChI=1S/C18H18N2O7S2/c1-12-10-14(20-18(21)6-9-28(20,22)23)3-5-17(12)29(24,25)19-13-2-4-15-16(11-13)27-8-7-26-15/h2-5,10-11,19H,6-9H2,1H3. The Hall–Kier alpha value is -2.79. The molecule has 1 amide bonds. The first-order valence-corrected chi connectivity index (χ1v) is 11.9. The van der Waals surface area contributed by atoms with E-state index in [0.29, 0.717) is 36.0 Å². The van der Waals surface area contributed by atoms with Gasteiger partial charge in [0.15, 0.2) is 11.5 Å². The number of fused-ring (bicyclic) bond motifs is 1. The molecule has 0 aromatic heterocycles. The molecule has 29 heavy (non-hydrogen) atoms. The van der Waals surface area contributed by atoms with Gasteiger partial charge in [0.25, 0.3) is 10.0 Å². The fourth-order valence-electron chi connectivity index (χ4n) is 3.25. The van der Waals surface area contributed by atoms with Crippen molar-refractivity contribution in [3.05, 3.63) is 42.0 Å². The van der Waals surface area contributed by atoms with E-state index in [1.165, 1.54) is 31.2 Å². The smallest absolute Gasteiger partial charge is 0.262 e. The summed E-state index contributed by atoms with van der Waals surface area (Å²) in [5, 5.41) is 0. The second kappa shape index (κ2) is 6.92. The van der Waals surface area contributed by atoms with Crippen LogP contribution in [0, 0.1) is 6.92 Å². The van der Waals surface area contributed by atoms with Crippen LogP contribution in [0.2, 0.25) is 0 Å². The largest absolute Gasteiger partial charge is 0.486 e. The highest BCUT2D eigenvalue weighted by molar-refractivity contribution is 7.94. The number of anilines is 2. The van der Waals surface area contributed by atoms with Crippen LogP contribution in [-0.4, -0.2) is 41.7 Å². The van der Waals surface area contributed by atoms with E-state index < -0.39 is 26.0 Å². The molecule has 0 spiro atoms. The number of rotatable bonds is 4. The molecular formula is C18H18N2O7S2.